The Kier molecular flexibility index (Phi) is 1.48. The lowest BCUT2D eigenvalue weighted by molar-refractivity contribution is 1.08. The number of hydrogen-bond acceptors (Lipinski definition) is 2. The van der Waals surface area contributed by atoms with Crippen LogP contribution in [0.2, 0.25) is 0 Å². The van der Waals surface area contributed by atoms with Crippen molar-refractivity contribution in [1.82, 2.24) is 18.9 Å². The summed E-state index contributed by atoms with van der Waals surface area (Å²) in [7, 11) is 1.88. The van der Waals surface area contributed by atoms with Crippen LogP contribution in [-0.4, -0.2) is 26.5 Å². The van der Waals surface area contributed by atoms with E-state index < -0.39 is 0 Å². The SMILES string of the molecule is [B](n1ccnc1)n1ccnc1. The predicted octanol–water partition coefficient (Wildman–Crippen LogP) is 0.0102. The van der Waals surface area contributed by atoms with Gasteiger partial charge in [-0.2, -0.15) is 0 Å². The second kappa shape index (κ2) is 2.61. The van der Waals surface area contributed by atoms with E-state index in [4.69, 9.17) is 0 Å². The second-order valence-electron chi connectivity index (χ2n) is 2.14. The summed E-state index contributed by atoms with van der Waals surface area (Å²) in [4.78, 5) is 7.80. The van der Waals surface area contributed by atoms with Crippen molar-refractivity contribution in [3.63, 3.8) is 0 Å². The lowest BCUT2D eigenvalue weighted by Gasteiger charge is -1.96. The predicted molar refractivity (Wildman–Crippen MR) is 41.0 cm³/mol. The lowest BCUT2D eigenvalue weighted by Crippen LogP contribution is -2.12. The van der Waals surface area contributed by atoms with Crippen molar-refractivity contribution in [1.29, 1.82) is 0 Å². The largest absolute Gasteiger partial charge is 0.401 e. The van der Waals surface area contributed by atoms with Crippen molar-refractivity contribution in [2.45, 2.75) is 0 Å². The smallest absolute Gasteiger partial charge is 0.364 e. The number of aromatic nitrogens is 4. The van der Waals surface area contributed by atoms with Gasteiger partial charge in [-0.15, -0.1) is 0 Å². The van der Waals surface area contributed by atoms with Crippen molar-refractivity contribution in [2.75, 3.05) is 0 Å². The monoisotopic (exact) mass is 145 g/mol. The number of hydrogen-bond donors (Lipinski definition) is 0. The molecule has 2 aromatic rings. The zero-order chi connectivity index (χ0) is 7.52. The molecule has 0 aliphatic carbocycles. The highest BCUT2D eigenvalue weighted by Crippen LogP contribution is 1.84. The molecule has 0 amide bonds. The van der Waals surface area contributed by atoms with E-state index in [1.807, 2.05) is 28.9 Å². The molecule has 4 nitrogen and oxygen atoms in total. The van der Waals surface area contributed by atoms with Crippen LogP contribution < -0.4 is 0 Å². The summed E-state index contributed by atoms with van der Waals surface area (Å²) in [6.07, 6.45) is 10.6. The lowest BCUT2D eigenvalue weighted by atomic mass is 10.2. The summed E-state index contributed by atoms with van der Waals surface area (Å²) in [5.41, 5.74) is 0. The maximum absolute atomic E-state index is 3.90. The van der Waals surface area contributed by atoms with Crippen molar-refractivity contribution >= 4 is 7.55 Å². The molecule has 0 spiro atoms. The molecular formula is C6H6BN4. The third-order valence-corrected chi connectivity index (χ3v) is 1.32. The quantitative estimate of drug-likeness (QED) is 0.558. The Morgan fingerprint density at radius 3 is 1.82 bits per heavy atom. The molecule has 1 radical (unpaired) electrons. The summed E-state index contributed by atoms with van der Waals surface area (Å²) in [6.45, 7) is 0. The van der Waals surface area contributed by atoms with Crippen LogP contribution in [0, 0.1) is 0 Å². The third kappa shape index (κ3) is 1.31. The molecule has 0 unspecified atom stereocenters. The summed E-state index contributed by atoms with van der Waals surface area (Å²) >= 11 is 0. The van der Waals surface area contributed by atoms with Gasteiger partial charge in [-0.1, -0.05) is 0 Å². The minimum absolute atomic E-state index is 1.72. The van der Waals surface area contributed by atoms with E-state index in [2.05, 4.69) is 9.97 Å². The van der Waals surface area contributed by atoms with E-state index in [1.165, 1.54) is 0 Å². The average molecular weight is 145 g/mol. The molecule has 2 heterocycles. The van der Waals surface area contributed by atoms with Crippen LogP contribution in [0.5, 0.6) is 0 Å². The van der Waals surface area contributed by atoms with Crippen molar-refractivity contribution < 1.29 is 0 Å². The Bertz CT molecular complexity index is 267. The summed E-state index contributed by atoms with van der Waals surface area (Å²) < 4.78 is 3.70. The van der Waals surface area contributed by atoms with E-state index >= 15 is 0 Å². The van der Waals surface area contributed by atoms with Crippen LogP contribution in [-0.2, 0) is 0 Å². The molecule has 0 aromatic carbocycles. The van der Waals surface area contributed by atoms with Gasteiger partial charge in [0, 0.05) is 24.8 Å². The zero-order valence-corrected chi connectivity index (χ0v) is 5.83. The Hall–Kier alpha value is -1.52. The van der Waals surface area contributed by atoms with Crippen LogP contribution in [0.4, 0.5) is 0 Å². The first-order valence-electron chi connectivity index (χ1n) is 3.25. The molecule has 0 saturated heterocycles. The molecule has 2 aromatic heterocycles. The molecule has 2 rings (SSSR count). The molecule has 53 valence electrons. The Labute approximate surface area is 64.8 Å². The topological polar surface area (TPSA) is 35.6 Å². The van der Waals surface area contributed by atoms with Crippen LogP contribution >= 0.6 is 0 Å². The highest BCUT2D eigenvalue weighted by atomic mass is 15.1. The zero-order valence-electron chi connectivity index (χ0n) is 5.83. The fourth-order valence-corrected chi connectivity index (χ4v) is 0.829. The first-order valence-corrected chi connectivity index (χ1v) is 3.25. The van der Waals surface area contributed by atoms with Crippen molar-refractivity contribution in [3.8, 4) is 0 Å². The van der Waals surface area contributed by atoms with Gasteiger partial charge < -0.3 is 8.96 Å². The molecule has 5 heteroatoms. The molecule has 0 aliphatic heterocycles. The number of rotatable bonds is 2. The van der Waals surface area contributed by atoms with E-state index in [1.54, 1.807) is 25.0 Å². The van der Waals surface area contributed by atoms with Crippen LogP contribution in [0.25, 0.3) is 0 Å². The van der Waals surface area contributed by atoms with Gasteiger partial charge in [-0.05, 0) is 0 Å². The minimum atomic E-state index is 1.72. The van der Waals surface area contributed by atoms with Crippen molar-refractivity contribution in [3.05, 3.63) is 37.4 Å². The van der Waals surface area contributed by atoms with E-state index in [9.17, 15) is 0 Å². The maximum atomic E-state index is 3.90. The molecular weight excluding hydrogens is 139 g/mol. The maximum Gasteiger partial charge on any atom is 0.401 e. The van der Waals surface area contributed by atoms with Crippen LogP contribution in [0.3, 0.4) is 0 Å². The summed E-state index contributed by atoms with van der Waals surface area (Å²) in [6, 6.07) is 0. The number of nitrogens with zero attached hydrogens (tertiary/aromatic N) is 4. The van der Waals surface area contributed by atoms with Gasteiger partial charge in [0.15, 0.2) is 0 Å². The standard InChI is InChI=1S/C6H6BN4/c1-3-10(5-8-1)7-11-4-2-9-6-11/h1-6H. The molecule has 0 fully saturated rings. The normalized spacial score (nSPS) is 9.82. The molecule has 0 atom stereocenters. The summed E-state index contributed by atoms with van der Waals surface area (Å²) in [5.74, 6) is 0. The Morgan fingerprint density at radius 1 is 0.909 bits per heavy atom. The molecule has 0 N–H and O–H groups in total. The fourth-order valence-electron chi connectivity index (χ4n) is 0.829. The van der Waals surface area contributed by atoms with Gasteiger partial charge in [0.2, 0.25) is 0 Å². The fraction of sp³-hybridized carbons (Fsp3) is 0. The molecule has 0 saturated carbocycles. The van der Waals surface area contributed by atoms with E-state index in [0.717, 1.165) is 0 Å². The van der Waals surface area contributed by atoms with Gasteiger partial charge >= 0.3 is 7.55 Å². The molecule has 11 heavy (non-hydrogen) atoms. The highest BCUT2D eigenvalue weighted by Gasteiger charge is 1.94. The first-order chi connectivity index (χ1) is 5.45. The van der Waals surface area contributed by atoms with Crippen molar-refractivity contribution in [2.24, 2.45) is 0 Å². The van der Waals surface area contributed by atoms with Gasteiger partial charge in [-0.25, -0.2) is 9.97 Å². The summed E-state index contributed by atoms with van der Waals surface area (Å²) in [5, 5.41) is 0. The number of imidazole rings is 2. The third-order valence-electron chi connectivity index (χ3n) is 1.32. The second-order valence-corrected chi connectivity index (χ2v) is 2.14. The van der Waals surface area contributed by atoms with Gasteiger partial charge in [0.1, 0.15) is 0 Å². The molecule has 0 aliphatic rings. The Morgan fingerprint density at radius 2 is 1.45 bits per heavy atom. The van der Waals surface area contributed by atoms with Crippen LogP contribution in [0.1, 0.15) is 0 Å². The van der Waals surface area contributed by atoms with Gasteiger partial charge in [0.05, 0.1) is 12.7 Å². The first kappa shape index (κ1) is 6.21. The van der Waals surface area contributed by atoms with Gasteiger partial charge in [0.25, 0.3) is 0 Å². The van der Waals surface area contributed by atoms with E-state index in [0.29, 0.717) is 0 Å². The van der Waals surface area contributed by atoms with Crippen LogP contribution in [0.15, 0.2) is 37.4 Å². The molecule has 0 bridgehead atoms. The van der Waals surface area contributed by atoms with Gasteiger partial charge in [-0.3, -0.25) is 0 Å². The minimum Gasteiger partial charge on any atom is -0.364 e. The highest BCUT2D eigenvalue weighted by molar-refractivity contribution is 6.31. The Balaban J connectivity index is 2.14. The van der Waals surface area contributed by atoms with E-state index in [-0.39, 0.29) is 0 Å². The average Bonchev–Trinajstić information content (AvgIpc) is 2.60.